The van der Waals surface area contributed by atoms with E-state index in [-0.39, 0.29) is 0 Å². The highest BCUT2D eigenvalue weighted by atomic mass is 35.5. The van der Waals surface area contributed by atoms with Gasteiger partial charge in [-0.1, -0.05) is 11.6 Å². The summed E-state index contributed by atoms with van der Waals surface area (Å²) in [5.74, 6) is 0. The van der Waals surface area contributed by atoms with Gasteiger partial charge in [0.2, 0.25) is 0 Å². The van der Waals surface area contributed by atoms with Gasteiger partial charge in [0, 0.05) is 35.5 Å². The molecular formula is C14H18ClN3S. The summed E-state index contributed by atoms with van der Waals surface area (Å²) in [6, 6.07) is 8.51. The van der Waals surface area contributed by atoms with Crippen LogP contribution < -0.4 is 10.2 Å². The molecule has 0 spiro atoms. The molecule has 0 saturated carbocycles. The van der Waals surface area contributed by atoms with Crippen LogP contribution in [0.25, 0.3) is 0 Å². The number of anilines is 2. The predicted octanol–water partition coefficient (Wildman–Crippen LogP) is 4.25. The summed E-state index contributed by atoms with van der Waals surface area (Å²) in [5, 5.41) is 3.37. The SMILES string of the molecule is CCN(CC)c1ccc(NCc2cnc(Cl)s2)cc1. The topological polar surface area (TPSA) is 28.2 Å². The average molecular weight is 296 g/mol. The Labute approximate surface area is 123 Å². The van der Waals surface area contributed by atoms with Crippen LogP contribution in [0.15, 0.2) is 30.5 Å². The average Bonchev–Trinajstić information content (AvgIpc) is 2.85. The van der Waals surface area contributed by atoms with E-state index in [4.69, 9.17) is 11.6 Å². The number of aromatic nitrogens is 1. The Morgan fingerprint density at radius 2 is 1.89 bits per heavy atom. The van der Waals surface area contributed by atoms with Crippen LogP contribution in [-0.4, -0.2) is 18.1 Å². The molecule has 3 nitrogen and oxygen atoms in total. The number of nitrogens with zero attached hydrogens (tertiary/aromatic N) is 2. The van der Waals surface area contributed by atoms with Gasteiger partial charge in [-0.2, -0.15) is 0 Å². The molecule has 0 bridgehead atoms. The lowest BCUT2D eigenvalue weighted by atomic mass is 10.2. The number of rotatable bonds is 6. The molecule has 0 aliphatic heterocycles. The van der Waals surface area contributed by atoms with E-state index in [1.165, 1.54) is 17.0 Å². The molecule has 0 amide bonds. The maximum Gasteiger partial charge on any atom is 0.183 e. The Morgan fingerprint density at radius 3 is 2.42 bits per heavy atom. The van der Waals surface area contributed by atoms with E-state index < -0.39 is 0 Å². The van der Waals surface area contributed by atoms with Crippen LogP contribution in [0.2, 0.25) is 4.47 Å². The van der Waals surface area contributed by atoms with Crippen LogP contribution in [0.5, 0.6) is 0 Å². The first-order valence-electron chi connectivity index (χ1n) is 6.42. The largest absolute Gasteiger partial charge is 0.380 e. The van der Waals surface area contributed by atoms with Gasteiger partial charge >= 0.3 is 0 Å². The zero-order chi connectivity index (χ0) is 13.7. The highest BCUT2D eigenvalue weighted by Crippen LogP contribution is 2.21. The van der Waals surface area contributed by atoms with Crippen LogP contribution >= 0.6 is 22.9 Å². The molecule has 0 aliphatic rings. The van der Waals surface area contributed by atoms with Crippen LogP contribution in [0.1, 0.15) is 18.7 Å². The molecule has 0 aliphatic carbocycles. The molecule has 2 aromatic rings. The molecule has 1 aromatic carbocycles. The number of halogens is 1. The van der Waals surface area contributed by atoms with Gasteiger partial charge in [0.05, 0.1) is 6.54 Å². The summed E-state index contributed by atoms with van der Waals surface area (Å²) in [6.45, 7) is 7.16. The fourth-order valence-corrected chi connectivity index (χ4v) is 2.85. The van der Waals surface area contributed by atoms with E-state index in [9.17, 15) is 0 Å². The third-order valence-electron chi connectivity index (χ3n) is 2.99. The van der Waals surface area contributed by atoms with Gasteiger partial charge in [-0.25, -0.2) is 4.98 Å². The fourth-order valence-electron chi connectivity index (χ4n) is 1.93. The van der Waals surface area contributed by atoms with Crippen molar-refractivity contribution in [2.24, 2.45) is 0 Å². The Kier molecular flexibility index (Phi) is 5.05. The number of benzene rings is 1. The lowest BCUT2D eigenvalue weighted by molar-refractivity contribution is 0.866. The van der Waals surface area contributed by atoms with Gasteiger partial charge < -0.3 is 10.2 Å². The van der Waals surface area contributed by atoms with Crippen molar-refractivity contribution in [3.05, 3.63) is 39.8 Å². The zero-order valence-electron chi connectivity index (χ0n) is 11.2. The van der Waals surface area contributed by atoms with Gasteiger partial charge in [0.15, 0.2) is 4.47 Å². The van der Waals surface area contributed by atoms with E-state index in [2.05, 4.69) is 53.3 Å². The van der Waals surface area contributed by atoms with E-state index in [0.29, 0.717) is 4.47 Å². The van der Waals surface area contributed by atoms with Gasteiger partial charge in [-0.15, -0.1) is 11.3 Å². The molecule has 19 heavy (non-hydrogen) atoms. The molecule has 102 valence electrons. The summed E-state index contributed by atoms with van der Waals surface area (Å²) in [4.78, 5) is 7.49. The summed E-state index contributed by atoms with van der Waals surface area (Å²) in [6.07, 6.45) is 1.81. The molecule has 0 atom stereocenters. The van der Waals surface area contributed by atoms with Crippen molar-refractivity contribution >= 4 is 34.3 Å². The third kappa shape index (κ3) is 3.85. The van der Waals surface area contributed by atoms with Gasteiger partial charge in [0.1, 0.15) is 0 Å². The van der Waals surface area contributed by atoms with Crippen LogP contribution in [0, 0.1) is 0 Å². The molecule has 1 N–H and O–H groups in total. The highest BCUT2D eigenvalue weighted by molar-refractivity contribution is 7.15. The minimum Gasteiger partial charge on any atom is -0.380 e. The number of hydrogen-bond acceptors (Lipinski definition) is 4. The molecular weight excluding hydrogens is 278 g/mol. The summed E-state index contributed by atoms with van der Waals surface area (Å²) < 4.78 is 0.591. The lowest BCUT2D eigenvalue weighted by Gasteiger charge is -2.21. The Hall–Kier alpha value is -1.26. The number of hydrogen-bond donors (Lipinski definition) is 1. The minimum atomic E-state index is 0.591. The Balaban J connectivity index is 1.95. The summed E-state index contributed by atoms with van der Waals surface area (Å²) in [7, 11) is 0. The van der Waals surface area contributed by atoms with Crippen molar-refractivity contribution in [3.63, 3.8) is 0 Å². The van der Waals surface area contributed by atoms with E-state index in [0.717, 1.165) is 30.2 Å². The second-order valence-electron chi connectivity index (χ2n) is 4.15. The molecule has 1 aromatic heterocycles. The van der Waals surface area contributed by atoms with Crippen molar-refractivity contribution < 1.29 is 0 Å². The monoisotopic (exact) mass is 295 g/mol. The molecule has 0 fully saturated rings. The first-order chi connectivity index (χ1) is 9.22. The molecule has 1 heterocycles. The normalized spacial score (nSPS) is 10.5. The highest BCUT2D eigenvalue weighted by Gasteiger charge is 2.02. The van der Waals surface area contributed by atoms with Crippen molar-refractivity contribution in [2.75, 3.05) is 23.3 Å². The second kappa shape index (κ2) is 6.78. The first-order valence-corrected chi connectivity index (χ1v) is 7.61. The zero-order valence-corrected chi connectivity index (χ0v) is 12.8. The van der Waals surface area contributed by atoms with Crippen LogP contribution in [0.4, 0.5) is 11.4 Å². The van der Waals surface area contributed by atoms with E-state index in [1.54, 1.807) is 0 Å². The van der Waals surface area contributed by atoms with Crippen molar-refractivity contribution in [3.8, 4) is 0 Å². The predicted molar refractivity (Wildman–Crippen MR) is 84.5 cm³/mol. The standard InChI is InChI=1S/C14H18ClN3S/c1-3-18(4-2)12-7-5-11(6-8-12)16-9-13-10-17-14(15)19-13/h5-8,10,16H,3-4,9H2,1-2H3. The molecule has 2 rings (SSSR count). The number of thiazole rings is 1. The maximum atomic E-state index is 5.80. The summed E-state index contributed by atoms with van der Waals surface area (Å²) >= 11 is 7.31. The minimum absolute atomic E-state index is 0.591. The summed E-state index contributed by atoms with van der Waals surface area (Å²) in [5.41, 5.74) is 2.37. The molecule has 0 unspecified atom stereocenters. The van der Waals surface area contributed by atoms with Crippen LogP contribution in [-0.2, 0) is 6.54 Å². The first kappa shape index (κ1) is 14.2. The van der Waals surface area contributed by atoms with Crippen molar-refractivity contribution in [1.82, 2.24) is 4.98 Å². The molecule has 0 saturated heterocycles. The molecule has 5 heteroatoms. The van der Waals surface area contributed by atoms with Gasteiger partial charge in [-0.3, -0.25) is 0 Å². The molecule has 0 radical (unpaired) electrons. The van der Waals surface area contributed by atoms with Crippen molar-refractivity contribution in [2.45, 2.75) is 20.4 Å². The Bertz CT molecular complexity index is 506. The van der Waals surface area contributed by atoms with Gasteiger partial charge in [-0.05, 0) is 38.1 Å². The third-order valence-corrected chi connectivity index (χ3v) is 4.10. The Morgan fingerprint density at radius 1 is 1.21 bits per heavy atom. The lowest BCUT2D eigenvalue weighted by Crippen LogP contribution is -2.21. The quantitative estimate of drug-likeness (QED) is 0.863. The fraction of sp³-hybridized carbons (Fsp3) is 0.357. The van der Waals surface area contributed by atoms with Gasteiger partial charge in [0.25, 0.3) is 0 Å². The second-order valence-corrected chi connectivity index (χ2v) is 5.85. The maximum absolute atomic E-state index is 5.80. The van der Waals surface area contributed by atoms with E-state index in [1.807, 2.05) is 6.20 Å². The van der Waals surface area contributed by atoms with Crippen molar-refractivity contribution in [1.29, 1.82) is 0 Å². The van der Waals surface area contributed by atoms with Crippen LogP contribution in [0.3, 0.4) is 0 Å². The number of nitrogens with one attached hydrogen (secondary N) is 1. The smallest absolute Gasteiger partial charge is 0.183 e. The van der Waals surface area contributed by atoms with E-state index >= 15 is 0 Å².